The zero-order chi connectivity index (χ0) is 59.6. The average Bonchev–Trinajstić information content (AvgIpc) is 3.84. The van der Waals surface area contributed by atoms with Crippen LogP contribution >= 0.6 is 0 Å². The Morgan fingerprint density at radius 2 is 1.10 bits per heavy atom. The first-order valence-corrected chi connectivity index (χ1v) is 28.3. The number of rotatable bonds is 37. The fraction of sp³-hybridized carbons (Fsp3) is 0.818. The Labute approximate surface area is 464 Å². The molecule has 0 aliphatic carbocycles. The molecule has 1 rings (SSSR count). The van der Waals surface area contributed by atoms with Gasteiger partial charge in [0.05, 0.1) is 13.2 Å². The molecule has 0 bridgehead atoms. The lowest BCUT2D eigenvalue weighted by atomic mass is 9.93. The number of aliphatic hydroxyl groups is 2. The second-order valence-corrected chi connectivity index (χ2v) is 23.5. The lowest BCUT2D eigenvalue weighted by Crippen LogP contribution is -2.66. The number of hydrogen-bond acceptors (Lipinski definition) is 13. The highest BCUT2D eigenvalue weighted by atomic mass is 16.3. The standard InChI is InChI=1S/C55H101N11O12/c1-15-17-18-19-22-36(7)31-40(62-51(77)54(11,12)65-52(78)55(13,14)64-48(74)41(33-68)60-49(75)42-23-20-27-66(42)44(70)21-16-2)46(72)59-39(30-35(5)6)47(73)63-53(9,10)50(76)61-38(29-34(3)4)45(71)57-25-24-43(69)58-37(8)32-56-26-28-67/h34-42,56,67-68H,15-33H2,1-14H3,(H,57,71)(H,58,69)(H,59,72)(H,60,75)(H,61,76)(H,62,77)(H,63,73)(H,64,74)(H,65,78)/t36-,37+,38+,39+,40+,41+,42+/m1/s1. The van der Waals surface area contributed by atoms with E-state index >= 15 is 0 Å². The zero-order valence-corrected chi connectivity index (χ0v) is 49.6. The quantitative estimate of drug-likeness (QED) is 0.0388. The van der Waals surface area contributed by atoms with Gasteiger partial charge in [-0.2, -0.15) is 0 Å². The van der Waals surface area contributed by atoms with Crippen molar-refractivity contribution in [1.29, 1.82) is 0 Å². The van der Waals surface area contributed by atoms with E-state index in [4.69, 9.17) is 5.11 Å². The van der Waals surface area contributed by atoms with Crippen molar-refractivity contribution in [3.05, 3.63) is 0 Å². The average molecular weight is 1110 g/mol. The number of carbonyl (C=O) groups excluding carboxylic acids is 10. The van der Waals surface area contributed by atoms with Gasteiger partial charge in [-0.3, -0.25) is 47.9 Å². The van der Waals surface area contributed by atoms with Crippen molar-refractivity contribution < 1.29 is 58.2 Å². The monoisotopic (exact) mass is 1110 g/mol. The molecule has 0 aromatic heterocycles. The summed E-state index contributed by atoms with van der Waals surface area (Å²) in [4.78, 5) is 137. The molecule has 0 aromatic carbocycles. The number of carbonyl (C=O) groups is 10. The minimum absolute atomic E-state index is 0.00668. The summed E-state index contributed by atoms with van der Waals surface area (Å²) >= 11 is 0. The van der Waals surface area contributed by atoms with Crippen LogP contribution < -0.4 is 53.2 Å². The predicted molar refractivity (Wildman–Crippen MR) is 298 cm³/mol. The third kappa shape index (κ3) is 25.6. The van der Waals surface area contributed by atoms with Crippen LogP contribution in [0.4, 0.5) is 0 Å². The van der Waals surface area contributed by atoms with Gasteiger partial charge >= 0.3 is 0 Å². The maximum absolute atomic E-state index is 14.4. The van der Waals surface area contributed by atoms with Crippen LogP contribution in [0.1, 0.15) is 180 Å². The molecule has 1 saturated heterocycles. The van der Waals surface area contributed by atoms with E-state index in [0.717, 1.165) is 32.1 Å². The molecule has 0 radical (unpaired) electrons. The van der Waals surface area contributed by atoms with Gasteiger partial charge in [-0.1, -0.05) is 80.6 Å². The fourth-order valence-corrected chi connectivity index (χ4v) is 8.80. The summed E-state index contributed by atoms with van der Waals surface area (Å²) in [6, 6.07) is -5.86. The number of amides is 10. The molecule has 7 atom stereocenters. The lowest BCUT2D eigenvalue weighted by molar-refractivity contribution is -0.141. The van der Waals surface area contributed by atoms with Gasteiger partial charge in [0.2, 0.25) is 59.1 Å². The van der Waals surface area contributed by atoms with E-state index in [-0.39, 0.29) is 80.9 Å². The Kier molecular flexibility index (Phi) is 31.3. The maximum atomic E-state index is 14.4. The van der Waals surface area contributed by atoms with Gasteiger partial charge in [-0.15, -0.1) is 0 Å². The summed E-state index contributed by atoms with van der Waals surface area (Å²) in [6.07, 6.45) is 7.08. The number of unbranched alkanes of at least 4 members (excludes halogenated alkanes) is 3. The summed E-state index contributed by atoms with van der Waals surface area (Å²) in [5.74, 6) is -6.28. The summed E-state index contributed by atoms with van der Waals surface area (Å²) < 4.78 is 0. The molecule has 1 heterocycles. The second-order valence-electron chi connectivity index (χ2n) is 23.5. The van der Waals surface area contributed by atoms with E-state index in [0.29, 0.717) is 38.9 Å². The molecule has 0 spiro atoms. The van der Waals surface area contributed by atoms with Crippen molar-refractivity contribution in [1.82, 2.24) is 58.1 Å². The minimum Gasteiger partial charge on any atom is -0.395 e. The molecule has 12 N–H and O–H groups in total. The number of hydrogen-bond donors (Lipinski definition) is 12. The SMILES string of the molecule is CCCCCC[C@@H](C)C[C@H](NC(=O)C(C)(C)NC(=O)C(C)(C)NC(=O)[C@H](CO)NC(=O)[C@@H]1CCCN1C(=O)CCC)C(=O)N[C@@H](CC(C)C)C(=O)NC(C)(C)C(=O)N[C@@H](CC(C)C)C(=O)NCCC(=O)N[C@@H](C)CNCCO. The normalized spacial score (nSPS) is 16.2. The molecule has 78 heavy (non-hydrogen) atoms. The summed E-state index contributed by atoms with van der Waals surface area (Å²) in [5.41, 5.74) is -4.98. The van der Waals surface area contributed by atoms with Crippen LogP contribution in [0.25, 0.3) is 0 Å². The van der Waals surface area contributed by atoms with Gasteiger partial charge in [0, 0.05) is 45.1 Å². The zero-order valence-electron chi connectivity index (χ0n) is 49.6. The molecule has 0 unspecified atom stereocenters. The van der Waals surface area contributed by atoms with E-state index in [1.165, 1.54) is 46.4 Å². The van der Waals surface area contributed by atoms with E-state index in [1.807, 2.05) is 41.5 Å². The van der Waals surface area contributed by atoms with Crippen molar-refractivity contribution in [3.8, 4) is 0 Å². The summed E-state index contributed by atoms with van der Waals surface area (Å²) in [5, 5.41) is 46.5. The Bertz CT molecular complexity index is 1980. The van der Waals surface area contributed by atoms with Crippen LogP contribution in [0, 0.1) is 17.8 Å². The minimum atomic E-state index is -1.70. The first-order valence-electron chi connectivity index (χ1n) is 28.3. The Hall–Kier alpha value is -5.42. The molecule has 23 nitrogen and oxygen atoms in total. The van der Waals surface area contributed by atoms with Crippen LogP contribution in [0.5, 0.6) is 0 Å². The van der Waals surface area contributed by atoms with Crippen LogP contribution in [0.15, 0.2) is 0 Å². The van der Waals surface area contributed by atoms with Gasteiger partial charge in [-0.25, -0.2) is 0 Å². The van der Waals surface area contributed by atoms with Crippen molar-refractivity contribution in [2.24, 2.45) is 17.8 Å². The fourth-order valence-electron chi connectivity index (χ4n) is 8.80. The van der Waals surface area contributed by atoms with E-state index in [9.17, 15) is 53.1 Å². The maximum Gasteiger partial charge on any atom is 0.246 e. The van der Waals surface area contributed by atoms with Crippen molar-refractivity contribution in [2.45, 2.75) is 233 Å². The van der Waals surface area contributed by atoms with Gasteiger partial charge in [0.25, 0.3) is 0 Å². The number of nitrogens with zero attached hydrogens (tertiary/aromatic N) is 1. The van der Waals surface area contributed by atoms with Gasteiger partial charge < -0.3 is 68.3 Å². The van der Waals surface area contributed by atoms with Gasteiger partial charge in [-0.05, 0) is 105 Å². The number of aliphatic hydroxyl groups excluding tert-OH is 2. The first kappa shape index (κ1) is 70.6. The lowest BCUT2D eigenvalue weighted by Gasteiger charge is -2.34. The van der Waals surface area contributed by atoms with Crippen LogP contribution in [0.3, 0.4) is 0 Å². The molecule has 1 fully saturated rings. The highest BCUT2D eigenvalue weighted by Gasteiger charge is 2.42. The smallest absolute Gasteiger partial charge is 0.246 e. The molecular weight excluding hydrogens is 1010 g/mol. The predicted octanol–water partition coefficient (Wildman–Crippen LogP) is 1.08. The Balaban J connectivity index is 3.26. The Morgan fingerprint density at radius 3 is 1.64 bits per heavy atom. The van der Waals surface area contributed by atoms with E-state index < -0.39 is 101 Å². The third-order valence-corrected chi connectivity index (χ3v) is 13.4. The molecule has 0 aromatic rings. The molecule has 448 valence electrons. The van der Waals surface area contributed by atoms with Crippen LogP contribution in [-0.2, 0) is 47.9 Å². The summed E-state index contributed by atoms with van der Waals surface area (Å²) in [6.45, 7) is 24.1. The first-order chi connectivity index (χ1) is 36.3. The number of likely N-dealkylation sites (tertiary alicyclic amines) is 1. The molecule has 23 heteroatoms. The van der Waals surface area contributed by atoms with Crippen LogP contribution in [-0.4, -0.2) is 166 Å². The number of nitrogens with one attached hydrogen (secondary N) is 10. The van der Waals surface area contributed by atoms with Crippen molar-refractivity contribution in [2.75, 3.05) is 39.4 Å². The van der Waals surface area contributed by atoms with Crippen molar-refractivity contribution >= 4 is 59.1 Å². The summed E-state index contributed by atoms with van der Waals surface area (Å²) in [7, 11) is 0. The third-order valence-electron chi connectivity index (χ3n) is 13.4. The highest BCUT2D eigenvalue weighted by Crippen LogP contribution is 2.21. The van der Waals surface area contributed by atoms with Gasteiger partial charge in [0.1, 0.15) is 46.8 Å². The second kappa shape index (κ2) is 34.6. The van der Waals surface area contributed by atoms with Crippen LogP contribution in [0.2, 0.25) is 0 Å². The Morgan fingerprint density at radius 1 is 0.564 bits per heavy atom. The molecule has 0 saturated carbocycles. The van der Waals surface area contributed by atoms with Crippen molar-refractivity contribution in [3.63, 3.8) is 0 Å². The molecule has 1 aliphatic rings. The van der Waals surface area contributed by atoms with E-state index in [1.54, 1.807) is 6.92 Å². The molecular formula is C55H101N11O12. The van der Waals surface area contributed by atoms with Gasteiger partial charge in [0.15, 0.2) is 0 Å². The topological polar surface area (TPSA) is 335 Å². The highest BCUT2D eigenvalue weighted by molar-refractivity contribution is 6.00. The largest absolute Gasteiger partial charge is 0.395 e. The van der Waals surface area contributed by atoms with E-state index in [2.05, 4.69) is 60.1 Å². The molecule has 1 aliphatic heterocycles. The molecule has 10 amide bonds.